The van der Waals surface area contributed by atoms with Gasteiger partial charge in [0.05, 0.1) is 0 Å². The number of rotatable bonds is 3. The molecule has 0 aromatic heterocycles. The summed E-state index contributed by atoms with van der Waals surface area (Å²) in [5.41, 5.74) is 1.22. The molecule has 1 aliphatic rings. The predicted octanol–water partition coefficient (Wildman–Crippen LogP) is 0.912. The van der Waals surface area contributed by atoms with E-state index in [4.69, 9.17) is 14.7 Å². The molecule has 0 radical (unpaired) electrons. The van der Waals surface area contributed by atoms with Gasteiger partial charge in [0.15, 0.2) is 0 Å². The van der Waals surface area contributed by atoms with Crippen molar-refractivity contribution >= 4 is 7.32 Å². The molecule has 0 unspecified atom stereocenters. The molecular formula is C9H11BO3. The molecule has 1 saturated carbocycles. The molecule has 0 amide bonds. The van der Waals surface area contributed by atoms with Crippen LogP contribution in [0, 0.1) is 0 Å². The van der Waals surface area contributed by atoms with Gasteiger partial charge in [0.1, 0.15) is 5.75 Å². The van der Waals surface area contributed by atoms with E-state index in [0.29, 0.717) is 11.7 Å². The third kappa shape index (κ3) is 2.23. The van der Waals surface area contributed by atoms with Gasteiger partial charge in [0.25, 0.3) is 0 Å². The minimum absolute atomic E-state index is 0.513. The summed E-state index contributed by atoms with van der Waals surface area (Å²) in [5.74, 6) is 1.17. The third-order valence-corrected chi connectivity index (χ3v) is 2.15. The number of hydrogen-bond donors (Lipinski definition) is 2. The van der Waals surface area contributed by atoms with Crippen LogP contribution in [0.1, 0.15) is 24.3 Å². The second-order valence-electron chi connectivity index (χ2n) is 3.29. The van der Waals surface area contributed by atoms with Gasteiger partial charge in [0, 0.05) is 0 Å². The van der Waals surface area contributed by atoms with Gasteiger partial charge in [0.2, 0.25) is 0 Å². The summed E-state index contributed by atoms with van der Waals surface area (Å²) in [4.78, 5) is 0. The van der Waals surface area contributed by atoms with E-state index >= 15 is 0 Å². The summed E-state index contributed by atoms with van der Waals surface area (Å²) in [5, 5.41) is 17.2. The van der Waals surface area contributed by atoms with Crippen LogP contribution in [-0.4, -0.2) is 17.4 Å². The fraction of sp³-hybridized carbons (Fsp3) is 0.333. The van der Waals surface area contributed by atoms with E-state index in [9.17, 15) is 0 Å². The van der Waals surface area contributed by atoms with E-state index in [-0.39, 0.29) is 0 Å². The maximum Gasteiger partial charge on any atom is 0.707 e. The molecule has 1 aliphatic carbocycles. The van der Waals surface area contributed by atoms with Crippen LogP contribution in [0.3, 0.4) is 0 Å². The average Bonchev–Trinajstić information content (AvgIpc) is 2.85. The Morgan fingerprint density at radius 3 is 2.69 bits per heavy atom. The normalized spacial score (nSPS) is 15.5. The van der Waals surface area contributed by atoms with E-state index in [0.717, 1.165) is 0 Å². The zero-order valence-corrected chi connectivity index (χ0v) is 7.18. The number of hydrogen-bond acceptors (Lipinski definition) is 3. The lowest BCUT2D eigenvalue weighted by molar-refractivity contribution is 0.288. The zero-order chi connectivity index (χ0) is 9.26. The Labute approximate surface area is 77.1 Å². The lowest BCUT2D eigenvalue weighted by Gasteiger charge is -2.05. The van der Waals surface area contributed by atoms with Gasteiger partial charge in [-0.15, -0.1) is 0 Å². The SMILES string of the molecule is OB(O)Oc1cccc(C2CC2)c1. The van der Waals surface area contributed by atoms with Crippen molar-refractivity contribution in [2.24, 2.45) is 0 Å². The molecule has 3 nitrogen and oxygen atoms in total. The van der Waals surface area contributed by atoms with Crippen molar-refractivity contribution in [3.05, 3.63) is 29.8 Å². The van der Waals surface area contributed by atoms with Gasteiger partial charge in [-0.05, 0) is 36.5 Å². The highest BCUT2D eigenvalue weighted by molar-refractivity contribution is 6.33. The lowest BCUT2D eigenvalue weighted by Crippen LogP contribution is -2.20. The van der Waals surface area contributed by atoms with Gasteiger partial charge < -0.3 is 14.7 Å². The van der Waals surface area contributed by atoms with Crippen molar-refractivity contribution < 1.29 is 14.7 Å². The monoisotopic (exact) mass is 178 g/mol. The van der Waals surface area contributed by atoms with Crippen LogP contribution in [0.5, 0.6) is 5.75 Å². The molecule has 13 heavy (non-hydrogen) atoms. The van der Waals surface area contributed by atoms with Crippen LogP contribution in [0.25, 0.3) is 0 Å². The highest BCUT2D eigenvalue weighted by atomic mass is 16.6. The Balaban J connectivity index is 2.12. The first kappa shape index (κ1) is 8.60. The van der Waals surface area contributed by atoms with Crippen LogP contribution >= 0.6 is 0 Å². The van der Waals surface area contributed by atoms with E-state index in [1.807, 2.05) is 18.2 Å². The summed E-state index contributed by atoms with van der Waals surface area (Å²) in [6, 6.07) is 7.47. The molecule has 0 heterocycles. The van der Waals surface area contributed by atoms with Crippen LogP contribution in [0.2, 0.25) is 0 Å². The van der Waals surface area contributed by atoms with Crippen molar-refractivity contribution in [2.75, 3.05) is 0 Å². The topological polar surface area (TPSA) is 49.7 Å². The molecule has 0 spiro atoms. The Hall–Kier alpha value is -0.995. The van der Waals surface area contributed by atoms with E-state index in [2.05, 4.69) is 0 Å². The summed E-state index contributed by atoms with van der Waals surface area (Å²) in [6.07, 6.45) is 2.45. The quantitative estimate of drug-likeness (QED) is 0.676. The van der Waals surface area contributed by atoms with Gasteiger partial charge in [-0.1, -0.05) is 12.1 Å². The second-order valence-corrected chi connectivity index (χ2v) is 3.29. The molecule has 1 aromatic carbocycles. The number of benzene rings is 1. The Morgan fingerprint density at radius 1 is 1.31 bits per heavy atom. The molecule has 0 bridgehead atoms. The minimum Gasteiger partial charge on any atom is -0.512 e. The molecule has 2 rings (SSSR count). The first-order valence-corrected chi connectivity index (χ1v) is 4.38. The second kappa shape index (κ2) is 3.40. The van der Waals surface area contributed by atoms with Gasteiger partial charge in [-0.3, -0.25) is 0 Å². The molecule has 4 heteroatoms. The van der Waals surface area contributed by atoms with Crippen LogP contribution in [0.15, 0.2) is 24.3 Å². The van der Waals surface area contributed by atoms with Gasteiger partial charge >= 0.3 is 7.32 Å². The summed E-state index contributed by atoms with van der Waals surface area (Å²) in [6.45, 7) is 0. The van der Waals surface area contributed by atoms with Crippen molar-refractivity contribution in [3.8, 4) is 5.75 Å². The minimum atomic E-state index is -1.73. The highest BCUT2D eigenvalue weighted by Gasteiger charge is 2.23. The molecule has 68 valence electrons. The average molecular weight is 178 g/mol. The highest BCUT2D eigenvalue weighted by Crippen LogP contribution is 2.40. The Morgan fingerprint density at radius 2 is 2.08 bits per heavy atom. The Kier molecular flexibility index (Phi) is 2.25. The van der Waals surface area contributed by atoms with Gasteiger partial charge in [-0.2, -0.15) is 0 Å². The largest absolute Gasteiger partial charge is 0.707 e. The maximum atomic E-state index is 8.58. The van der Waals surface area contributed by atoms with Gasteiger partial charge in [-0.25, -0.2) is 0 Å². The summed E-state index contributed by atoms with van der Waals surface area (Å²) < 4.78 is 4.74. The standard InChI is InChI=1S/C9H11BO3/c11-10(12)13-9-3-1-2-8(6-9)7-4-5-7/h1-3,6-7,11-12H,4-5H2. The molecule has 0 saturated heterocycles. The fourth-order valence-electron chi connectivity index (χ4n) is 1.38. The van der Waals surface area contributed by atoms with Crippen molar-refractivity contribution in [2.45, 2.75) is 18.8 Å². The van der Waals surface area contributed by atoms with Crippen molar-refractivity contribution in [3.63, 3.8) is 0 Å². The first-order valence-electron chi connectivity index (χ1n) is 4.38. The van der Waals surface area contributed by atoms with Crippen LogP contribution in [0.4, 0.5) is 0 Å². The van der Waals surface area contributed by atoms with E-state index in [1.54, 1.807) is 6.07 Å². The first-order chi connectivity index (χ1) is 6.25. The van der Waals surface area contributed by atoms with E-state index in [1.165, 1.54) is 18.4 Å². The summed E-state index contributed by atoms with van der Waals surface area (Å²) >= 11 is 0. The van der Waals surface area contributed by atoms with E-state index < -0.39 is 7.32 Å². The molecule has 1 aromatic rings. The molecule has 0 atom stereocenters. The predicted molar refractivity (Wildman–Crippen MR) is 49.2 cm³/mol. The maximum absolute atomic E-state index is 8.58. The van der Waals surface area contributed by atoms with Crippen molar-refractivity contribution in [1.82, 2.24) is 0 Å². The smallest absolute Gasteiger partial charge is 0.512 e. The van der Waals surface area contributed by atoms with Crippen molar-refractivity contribution in [1.29, 1.82) is 0 Å². The lowest BCUT2D eigenvalue weighted by atomic mass is 10.1. The van der Waals surface area contributed by atoms with Crippen LogP contribution in [-0.2, 0) is 0 Å². The fourth-order valence-corrected chi connectivity index (χ4v) is 1.38. The Bertz CT molecular complexity index is 297. The summed E-state index contributed by atoms with van der Waals surface area (Å²) in [7, 11) is -1.73. The molecule has 2 N–H and O–H groups in total. The molecule has 1 fully saturated rings. The van der Waals surface area contributed by atoms with Crippen LogP contribution < -0.4 is 4.65 Å². The molecule has 0 aliphatic heterocycles. The third-order valence-electron chi connectivity index (χ3n) is 2.15. The molecular weight excluding hydrogens is 167 g/mol. The zero-order valence-electron chi connectivity index (χ0n) is 7.18.